The number of hydrogen-bond acceptors (Lipinski definition) is 10. The fourth-order valence-corrected chi connectivity index (χ4v) is 7.16. The van der Waals surface area contributed by atoms with Gasteiger partial charge < -0.3 is 24.4 Å². The number of piperidine rings is 1. The molecule has 14 nitrogen and oxygen atoms in total. The summed E-state index contributed by atoms with van der Waals surface area (Å²) in [4.78, 5) is 69.7. The van der Waals surface area contributed by atoms with Crippen LogP contribution >= 0.6 is 0 Å². The molecule has 14 heteroatoms. The Labute approximate surface area is 305 Å². The van der Waals surface area contributed by atoms with Crippen LogP contribution in [-0.4, -0.2) is 144 Å². The summed E-state index contributed by atoms with van der Waals surface area (Å²) in [6.07, 6.45) is 7.18. The third-order valence-electron chi connectivity index (χ3n) is 10.3. The van der Waals surface area contributed by atoms with Gasteiger partial charge in [0.2, 0.25) is 24.1 Å². The van der Waals surface area contributed by atoms with E-state index in [-0.39, 0.29) is 30.0 Å². The van der Waals surface area contributed by atoms with Crippen LogP contribution in [0.5, 0.6) is 0 Å². The van der Waals surface area contributed by atoms with Gasteiger partial charge in [0.05, 0.1) is 31.5 Å². The predicted octanol–water partition coefficient (Wildman–Crippen LogP) is 2.11. The number of anilines is 1. The van der Waals surface area contributed by atoms with Gasteiger partial charge in [-0.1, -0.05) is 31.2 Å². The van der Waals surface area contributed by atoms with Gasteiger partial charge in [-0.05, 0) is 62.4 Å². The summed E-state index contributed by atoms with van der Waals surface area (Å²) in [5, 5.41) is 6.00. The first-order valence-electron chi connectivity index (χ1n) is 18.5. The van der Waals surface area contributed by atoms with Gasteiger partial charge in [0.1, 0.15) is 5.76 Å². The number of carbonyl (C=O) groups is 4. The predicted molar refractivity (Wildman–Crippen MR) is 196 cm³/mol. The van der Waals surface area contributed by atoms with Crippen LogP contribution in [-0.2, 0) is 27.3 Å². The first-order valence-corrected chi connectivity index (χ1v) is 18.5. The summed E-state index contributed by atoms with van der Waals surface area (Å²) in [6.45, 7) is 12.6. The van der Waals surface area contributed by atoms with E-state index in [1.54, 1.807) is 17.3 Å². The van der Waals surface area contributed by atoms with Crippen molar-refractivity contribution in [1.82, 2.24) is 39.8 Å². The highest BCUT2D eigenvalue weighted by Crippen LogP contribution is 2.27. The lowest BCUT2D eigenvalue weighted by Gasteiger charge is -2.39. The van der Waals surface area contributed by atoms with Crippen molar-refractivity contribution in [2.45, 2.75) is 39.7 Å². The molecule has 3 aliphatic heterocycles. The second-order valence-corrected chi connectivity index (χ2v) is 14.0. The third-order valence-corrected chi connectivity index (χ3v) is 10.3. The van der Waals surface area contributed by atoms with E-state index < -0.39 is 0 Å². The van der Waals surface area contributed by atoms with Crippen LogP contribution in [0.25, 0.3) is 11.1 Å². The largest absolute Gasteiger partial charge is 0.445 e. The van der Waals surface area contributed by atoms with Gasteiger partial charge in [-0.25, -0.2) is 9.97 Å². The Balaban J connectivity index is 1.01. The number of benzene rings is 1. The molecule has 3 fully saturated rings. The minimum Gasteiger partial charge on any atom is -0.445 e. The molecule has 4 amide bonds. The summed E-state index contributed by atoms with van der Waals surface area (Å²) in [6, 6.07) is 10.0. The molecule has 6 rings (SSSR count). The molecule has 0 aliphatic carbocycles. The Morgan fingerprint density at radius 1 is 0.885 bits per heavy atom. The number of carbonyl (C=O) groups excluding carboxylic acids is 4. The zero-order valence-electron chi connectivity index (χ0n) is 30.4. The maximum atomic E-state index is 13.9. The minimum absolute atomic E-state index is 0.0122. The number of aromatic nitrogens is 2. The third kappa shape index (κ3) is 9.81. The van der Waals surface area contributed by atoms with E-state index in [9.17, 15) is 19.2 Å². The summed E-state index contributed by atoms with van der Waals surface area (Å²) in [5.41, 5.74) is 3.60. The number of piperazine rings is 2. The molecule has 1 aromatic carbocycles. The lowest BCUT2D eigenvalue weighted by atomic mass is 9.96. The molecule has 2 N–H and O–H groups in total. The zero-order chi connectivity index (χ0) is 36.5. The Kier molecular flexibility index (Phi) is 12.6. The minimum atomic E-state index is -0.295. The molecular formula is C38H51N9O5. The van der Waals surface area contributed by atoms with Crippen LogP contribution in [0, 0.1) is 12.8 Å². The maximum Gasteiger partial charge on any atom is 0.274 e. The number of nitrogens with zero attached hydrogens (tertiary/aromatic N) is 7. The molecule has 3 aromatic rings. The quantitative estimate of drug-likeness (QED) is 0.253. The average Bonchev–Trinajstić information content (AvgIpc) is 3.60. The van der Waals surface area contributed by atoms with E-state index in [1.807, 2.05) is 34.9 Å². The fraction of sp³-hybridized carbons (Fsp3) is 0.526. The highest BCUT2D eigenvalue weighted by atomic mass is 16.4. The van der Waals surface area contributed by atoms with Gasteiger partial charge >= 0.3 is 0 Å². The van der Waals surface area contributed by atoms with Crippen molar-refractivity contribution in [2.24, 2.45) is 5.92 Å². The SMILES string of the molecule is CCc1cccc(-c2cnc(C(=O)N3CCN(CC4CCN(CC(=O)N5CCN(C=O)CC5)CC4)CC3)c(NC(=O)CNCc3ncc(C)o3)c2)c1. The van der Waals surface area contributed by atoms with Gasteiger partial charge in [0.15, 0.2) is 5.69 Å². The van der Waals surface area contributed by atoms with E-state index in [4.69, 9.17) is 4.42 Å². The van der Waals surface area contributed by atoms with Crippen LogP contribution in [0.3, 0.4) is 0 Å². The van der Waals surface area contributed by atoms with Crippen molar-refractivity contribution in [3.63, 3.8) is 0 Å². The summed E-state index contributed by atoms with van der Waals surface area (Å²) in [7, 11) is 0. The van der Waals surface area contributed by atoms with Crippen molar-refractivity contribution in [3.8, 4) is 11.1 Å². The van der Waals surface area contributed by atoms with Gasteiger partial charge in [0.25, 0.3) is 5.91 Å². The molecule has 0 saturated carbocycles. The lowest BCUT2D eigenvalue weighted by Crippen LogP contribution is -2.52. The molecule has 52 heavy (non-hydrogen) atoms. The van der Waals surface area contributed by atoms with Gasteiger partial charge in [-0.2, -0.15) is 0 Å². The molecule has 0 unspecified atom stereocenters. The number of rotatable bonds is 13. The van der Waals surface area contributed by atoms with Crippen molar-refractivity contribution in [3.05, 3.63) is 65.6 Å². The van der Waals surface area contributed by atoms with Crippen LogP contribution in [0.4, 0.5) is 5.69 Å². The lowest BCUT2D eigenvalue weighted by molar-refractivity contribution is -0.136. The number of hydrogen-bond donors (Lipinski definition) is 2. The van der Waals surface area contributed by atoms with Gasteiger partial charge in [0, 0.05) is 70.7 Å². The van der Waals surface area contributed by atoms with Crippen molar-refractivity contribution < 1.29 is 23.6 Å². The first-order chi connectivity index (χ1) is 25.3. The second-order valence-electron chi connectivity index (χ2n) is 14.0. The molecule has 5 heterocycles. The molecular weight excluding hydrogens is 662 g/mol. The second kappa shape index (κ2) is 17.7. The molecule has 278 valence electrons. The summed E-state index contributed by atoms with van der Waals surface area (Å²) < 4.78 is 5.48. The Bertz CT molecular complexity index is 1690. The topological polar surface area (TPSA) is 147 Å². The van der Waals surface area contributed by atoms with Gasteiger partial charge in [-0.15, -0.1) is 0 Å². The van der Waals surface area contributed by atoms with Crippen LogP contribution in [0.2, 0.25) is 0 Å². The van der Waals surface area contributed by atoms with Crippen LogP contribution < -0.4 is 10.6 Å². The molecule has 2 aromatic heterocycles. The highest BCUT2D eigenvalue weighted by molar-refractivity contribution is 6.03. The van der Waals surface area contributed by atoms with Crippen molar-refractivity contribution in [2.75, 3.05) is 90.4 Å². The van der Waals surface area contributed by atoms with E-state index in [1.165, 1.54) is 5.56 Å². The van der Waals surface area contributed by atoms with Crippen LogP contribution in [0.1, 0.15) is 47.5 Å². The van der Waals surface area contributed by atoms with E-state index in [0.717, 1.165) is 69.5 Å². The number of aryl methyl sites for hydroxylation is 2. The summed E-state index contributed by atoms with van der Waals surface area (Å²) in [5.74, 6) is 1.41. The fourth-order valence-electron chi connectivity index (χ4n) is 7.16. The number of amides is 4. The normalized spacial score (nSPS) is 17.7. The molecule has 3 saturated heterocycles. The Morgan fingerprint density at radius 2 is 1.63 bits per heavy atom. The molecule has 0 radical (unpaired) electrons. The number of nitrogens with one attached hydrogen (secondary N) is 2. The first kappa shape index (κ1) is 37.1. The number of oxazole rings is 1. The molecule has 0 atom stereocenters. The number of pyridine rings is 1. The van der Waals surface area contributed by atoms with Gasteiger partial charge in [-0.3, -0.25) is 34.3 Å². The average molecular weight is 714 g/mol. The molecule has 3 aliphatic rings. The van der Waals surface area contributed by atoms with E-state index in [2.05, 4.69) is 49.5 Å². The zero-order valence-corrected chi connectivity index (χ0v) is 30.4. The monoisotopic (exact) mass is 713 g/mol. The smallest absolute Gasteiger partial charge is 0.274 e. The van der Waals surface area contributed by atoms with Crippen LogP contribution in [0.15, 0.2) is 47.1 Å². The van der Waals surface area contributed by atoms with E-state index in [0.29, 0.717) is 75.6 Å². The number of likely N-dealkylation sites (tertiary alicyclic amines) is 1. The molecule has 0 spiro atoms. The van der Waals surface area contributed by atoms with Crippen molar-refractivity contribution >= 4 is 29.8 Å². The Morgan fingerprint density at radius 3 is 2.33 bits per heavy atom. The maximum absolute atomic E-state index is 13.9. The molecule has 0 bridgehead atoms. The Hall–Kier alpha value is -4.66. The highest BCUT2D eigenvalue weighted by Gasteiger charge is 2.29. The van der Waals surface area contributed by atoms with E-state index >= 15 is 0 Å². The standard InChI is InChI=1S/C38H51N9O5/c1-3-29-5-4-6-31(19-29)32-20-33(42-34(49)23-39-24-35-40-21-28(2)52-35)37(41-22-32)38(51)47-17-11-44(12-18-47)25-30-7-9-43(10-8-30)26-36(50)46-15-13-45(27-48)14-16-46/h4-6,19-22,27,30,39H,3,7-18,23-26H2,1-2H3,(H,42,49). The van der Waals surface area contributed by atoms with Crippen molar-refractivity contribution in [1.29, 1.82) is 0 Å². The summed E-state index contributed by atoms with van der Waals surface area (Å²) >= 11 is 0.